The zero-order chi connectivity index (χ0) is 26.4. The molecule has 0 saturated heterocycles. The Bertz CT molecular complexity index is 935. The molecule has 0 aliphatic rings. The van der Waals surface area contributed by atoms with Gasteiger partial charge in [-0.15, -0.1) is 0 Å². The second-order valence-electron chi connectivity index (χ2n) is 8.38. The Morgan fingerprint density at radius 3 is 1.22 bits per heavy atom. The number of carbonyl (C=O) groups excluding carboxylic acids is 3. The number of nitrogens with zero attached hydrogens (tertiary/aromatic N) is 7. The normalized spacial score (nSPS) is 10.3. The van der Waals surface area contributed by atoms with Gasteiger partial charge < -0.3 is 0 Å². The minimum atomic E-state index is -0.630. The van der Waals surface area contributed by atoms with E-state index in [0.717, 1.165) is 71.7 Å². The minimum absolute atomic E-state index is 0.174. The molecule has 0 spiro atoms. The van der Waals surface area contributed by atoms with Crippen LogP contribution in [0.4, 0.5) is 0 Å². The van der Waals surface area contributed by atoms with Crippen LogP contribution >= 0.6 is 0 Å². The summed E-state index contributed by atoms with van der Waals surface area (Å²) in [5.41, 5.74) is -1.26. The molecule has 0 saturated carbocycles. The maximum absolute atomic E-state index is 13.0. The maximum atomic E-state index is 13.0. The molecule has 0 bridgehead atoms. The summed E-state index contributed by atoms with van der Waals surface area (Å²) in [7, 11) is 0. The van der Waals surface area contributed by atoms with Crippen molar-refractivity contribution in [1.82, 2.24) is 13.9 Å². The van der Waals surface area contributed by atoms with Gasteiger partial charge in [0.2, 0.25) is 18.2 Å². The molecule has 0 aliphatic heterocycles. The van der Waals surface area contributed by atoms with Crippen molar-refractivity contribution < 1.29 is 19.0 Å². The van der Waals surface area contributed by atoms with Gasteiger partial charge >= 0.3 is 11.4 Å². The van der Waals surface area contributed by atoms with Gasteiger partial charge in [-0.3, -0.25) is 0 Å². The van der Waals surface area contributed by atoms with Crippen molar-refractivity contribution in [3.63, 3.8) is 0 Å². The molecule has 36 heavy (non-hydrogen) atoms. The van der Waals surface area contributed by atoms with Gasteiger partial charge in [0, 0.05) is 6.54 Å². The lowest BCUT2D eigenvalue weighted by atomic mass is 10.2. The highest BCUT2D eigenvalue weighted by molar-refractivity contribution is 5.33. The summed E-state index contributed by atoms with van der Waals surface area (Å²) in [4.78, 5) is 79.7. The molecule has 0 radical (unpaired) electrons. The lowest BCUT2D eigenvalue weighted by molar-refractivity contribution is -0.694. The van der Waals surface area contributed by atoms with Crippen LogP contribution in [0, 0.1) is 4.91 Å². The molecular formula is C23H36N7O6+. The van der Waals surface area contributed by atoms with Gasteiger partial charge in [0.25, 0.3) is 4.66 Å². The van der Waals surface area contributed by atoms with Crippen LogP contribution in [0.25, 0.3) is 0 Å². The standard InChI is InChI=1S/C23H36N7O6/c31-19-24-13-7-1-4-10-16-27-22(34)28(17-11-5-2-8-14-25-20-32)30(36)29(23(27)35)18-12-6-3-9-15-26-21-33/h1-18H2/q+1. The number of rotatable bonds is 21. The highest BCUT2D eigenvalue weighted by Crippen LogP contribution is 2.03. The first-order valence-corrected chi connectivity index (χ1v) is 12.6. The minimum Gasteiger partial charge on any atom is -0.242 e. The molecule has 198 valence electrons. The molecule has 1 aromatic heterocycles. The summed E-state index contributed by atoms with van der Waals surface area (Å²) in [6.45, 7) is 1.75. The summed E-state index contributed by atoms with van der Waals surface area (Å²) >= 11 is 0. The number of aromatic nitrogens is 4. The number of hydrogen-bond donors (Lipinski definition) is 0. The average Bonchev–Trinajstić information content (AvgIpc) is 2.87. The lowest BCUT2D eigenvalue weighted by Crippen LogP contribution is -2.60. The van der Waals surface area contributed by atoms with Crippen LogP contribution < -0.4 is 16.0 Å². The van der Waals surface area contributed by atoms with Crippen LogP contribution in [0.2, 0.25) is 0 Å². The third-order valence-corrected chi connectivity index (χ3v) is 5.69. The number of aliphatic imine (C=N–C) groups is 3. The van der Waals surface area contributed by atoms with Gasteiger partial charge in [0.1, 0.15) is 0 Å². The highest BCUT2D eigenvalue weighted by Gasteiger charge is 2.22. The van der Waals surface area contributed by atoms with E-state index in [9.17, 15) is 28.9 Å². The SMILES string of the molecule is O=C=NCCCCCCn1c(=O)n(CCCCCCN=C=O)[n+](=O)n(CCCCCCN=C=O)c1=O. The van der Waals surface area contributed by atoms with Crippen molar-refractivity contribution in [1.29, 1.82) is 0 Å². The summed E-state index contributed by atoms with van der Waals surface area (Å²) in [6.07, 6.45) is 13.0. The summed E-state index contributed by atoms with van der Waals surface area (Å²) in [5, 5.41) is 0. The number of isocyanates is 3. The molecular weight excluding hydrogens is 470 g/mol. The van der Waals surface area contributed by atoms with E-state index in [1.807, 2.05) is 0 Å². The van der Waals surface area contributed by atoms with Crippen molar-refractivity contribution in [3.05, 3.63) is 25.9 Å². The number of hydrogen-bond acceptors (Lipinski definition) is 9. The smallest absolute Gasteiger partial charge is 0.242 e. The fraction of sp³-hybridized carbons (Fsp3) is 0.783. The zero-order valence-corrected chi connectivity index (χ0v) is 20.8. The topological polar surface area (TPSA) is 160 Å². The molecule has 1 aromatic rings. The monoisotopic (exact) mass is 506 g/mol. The molecule has 0 aliphatic carbocycles. The molecule has 0 atom stereocenters. The van der Waals surface area contributed by atoms with Crippen molar-refractivity contribution >= 4 is 18.2 Å². The highest BCUT2D eigenvalue weighted by atomic mass is 16.3. The lowest BCUT2D eigenvalue weighted by Gasteiger charge is -2.08. The Morgan fingerprint density at radius 1 is 0.528 bits per heavy atom. The molecule has 0 fully saturated rings. The van der Waals surface area contributed by atoms with Crippen LogP contribution in [0.1, 0.15) is 77.0 Å². The van der Waals surface area contributed by atoms with Gasteiger partial charge in [-0.1, -0.05) is 38.5 Å². The van der Waals surface area contributed by atoms with Crippen LogP contribution in [0.3, 0.4) is 0 Å². The third-order valence-electron chi connectivity index (χ3n) is 5.69. The van der Waals surface area contributed by atoms with Crippen LogP contribution in [-0.4, -0.2) is 51.8 Å². The van der Waals surface area contributed by atoms with E-state index in [0.29, 0.717) is 43.6 Å². The van der Waals surface area contributed by atoms with Gasteiger partial charge in [-0.05, 0) is 47.9 Å². The van der Waals surface area contributed by atoms with Crippen molar-refractivity contribution in [2.75, 3.05) is 19.6 Å². The second-order valence-corrected chi connectivity index (χ2v) is 8.38. The van der Waals surface area contributed by atoms with Crippen LogP contribution in [-0.2, 0) is 34.0 Å². The number of unbranched alkanes of at least 4 members (excludes halogenated alkanes) is 9. The zero-order valence-electron chi connectivity index (χ0n) is 20.8. The molecule has 13 heteroatoms. The van der Waals surface area contributed by atoms with Crippen LogP contribution in [0.5, 0.6) is 0 Å². The Balaban J connectivity index is 2.89. The molecule has 13 nitrogen and oxygen atoms in total. The Labute approximate surface area is 208 Å². The van der Waals surface area contributed by atoms with Gasteiger partial charge in [0.05, 0.1) is 37.6 Å². The fourth-order valence-electron chi connectivity index (χ4n) is 3.75. The largest absolute Gasteiger partial charge is 0.387 e. The molecule has 0 aromatic carbocycles. The van der Waals surface area contributed by atoms with Crippen molar-refractivity contribution in [2.45, 2.75) is 96.7 Å². The first kappa shape index (κ1) is 30.5. The predicted molar refractivity (Wildman–Crippen MR) is 131 cm³/mol. The first-order valence-electron chi connectivity index (χ1n) is 12.6. The molecule has 1 heterocycles. The Kier molecular flexibility index (Phi) is 16.7. The van der Waals surface area contributed by atoms with E-state index in [-0.39, 0.29) is 19.6 Å². The maximum Gasteiger partial charge on any atom is 0.387 e. The molecule has 0 unspecified atom stereocenters. The summed E-state index contributed by atoms with van der Waals surface area (Å²) in [5.74, 6) is 0. The van der Waals surface area contributed by atoms with E-state index in [1.165, 1.54) is 18.2 Å². The Morgan fingerprint density at radius 2 is 0.861 bits per heavy atom. The quantitative estimate of drug-likeness (QED) is 0.106. The van der Waals surface area contributed by atoms with Crippen LogP contribution in [0.15, 0.2) is 24.6 Å². The van der Waals surface area contributed by atoms with E-state index >= 15 is 0 Å². The summed E-state index contributed by atoms with van der Waals surface area (Å²) < 4.78 is 3.62. The van der Waals surface area contributed by atoms with E-state index in [2.05, 4.69) is 15.0 Å². The molecule has 1 rings (SSSR count). The van der Waals surface area contributed by atoms with Crippen molar-refractivity contribution in [2.24, 2.45) is 15.0 Å². The Hall–Kier alpha value is -3.52. The van der Waals surface area contributed by atoms with E-state index < -0.39 is 11.4 Å². The second kappa shape index (κ2) is 19.8. The molecule has 0 amide bonds. The van der Waals surface area contributed by atoms with E-state index in [4.69, 9.17) is 0 Å². The average molecular weight is 507 g/mol. The van der Waals surface area contributed by atoms with Gasteiger partial charge in [-0.2, -0.15) is 0 Å². The third kappa shape index (κ3) is 11.8. The van der Waals surface area contributed by atoms with Gasteiger partial charge in [-0.25, -0.2) is 43.5 Å². The van der Waals surface area contributed by atoms with Gasteiger partial charge in [0.15, 0.2) is 0 Å². The predicted octanol–water partition coefficient (Wildman–Crippen LogP) is 1.41. The van der Waals surface area contributed by atoms with E-state index in [1.54, 1.807) is 0 Å². The van der Waals surface area contributed by atoms with Crippen molar-refractivity contribution in [3.8, 4) is 0 Å². The molecule has 0 N–H and O–H groups in total. The first-order chi connectivity index (χ1) is 17.6. The summed E-state index contributed by atoms with van der Waals surface area (Å²) in [6, 6.07) is 0. The fourth-order valence-corrected chi connectivity index (χ4v) is 3.75.